The fraction of sp³-hybridized carbons (Fsp3) is 0.500. The fourth-order valence-electron chi connectivity index (χ4n) is 1.60. The monoisotopic (exact) mass is 256 g/mol. The van der Waals surface area contributed by atoms with E-state index in [1.807, 2.05) is 0 Å². The second-order valence-electron chi connectivity index (χ2n) is 4.46. The SMILES string of the molecule is Cc1cc(Br)c(C)c(C(C)(C)CO)c1. The van der Waals surface area contributed by atoms with E-state index in [9.17, 15) is 5.11 Å². The van der Waals surface area contributed by atoms with Crippen LogP contribution >= 0.6 is 15.9 Å². The Morgan fingerprint density at radius 2 is 1.86 bits per heavy atom. The Hall–Kier alpha value is -0.340. The van der Waals surface area contributed by atoms with Crippen LogP contribution < -0.4 is 0 Å². The van der Waals surface area contributed by atoms with Crippen LogP contribution in [0.25, 0.3) is 0 Å². The Kier molecular flexibility index (Phi) is 3.38. The van der Waals surface area contributed by atoms with Crippen molar-refractivity contribution in [1.29, 1.82) is 0 Å². The summed E-state index contributed by atoms with van der Waals surface area (Å²) < 4.78 is 1.12. The molecule has 0 aliphatic rings. The molecule has 0 bridgehead atoms. The minimum absolute atomic E-state index is 0.168. The third-order valence-corrected chi connectivity index (χ3v) is 3.44. The highest BCUT2D eigenvalue weighted by molar-refractivity contribution is 9.10. The van der Waals surface area contributed by atoms with Crippen LogP contribution in [-0.2, 0) is 5.41 Å². The summed E-state index contributed by atoms with van der Waals surface area (Å²) in [5, 5.41) is 9.34. The first kappa shape index (κ1) is 11.7. The van der Waals surface area contributed by atoms with E-state index < -0.39 is 0 Å². The molecule has 0 amide bonds. The normalized spacial score (nSPS) is 11.9. The van der Waals surface area contributed by atoms with Gasteiger partial charge in [0.1, 0.15) is 0 Å². The van der Waals surface area contributed by atoms with Crippen molar-refractivity contribution in [3.05, 3.63) is 33.3 Å². The summed E-state index contributed by atoms with van der Waals surface area (Å²) in [6, 6.07) is 4.25. The summed E-state index contributed by atoms with van der Waals surface area (Å²) in [7, 11) is 0. The maximum Gasteiger partial charge on any atom is 0.0522 e. The van der Waals surface area contributed by atoms with Gasteiger partial charge in [0.2, 0.25) is 0 Å². The van der Waals surface area contributed by atoms with Gasteiger partial charge in [-0.1, -0.05) is 35.8 Å². The Morgan fingerprint density at radius 3 is 2.36 bits per heavy atom. The van der Waals surface area contributed by atoms with Crippen molar-refractivity contribution in [2.24, 2.45) is 0 Å². The van der Waals surface area contributed by atoms with E-state index in [1.54, 1.807) is 0 Å². The van der Waals surface area contributed by atoms with Gasteiger partial charge in [0.15, 0.2) is 0 Å². The van der Waals surface area contributed by atoms with Crippen molar-refractivity contribution < 1.29 is 5.11 Å². The maximum absolute atomic E-state index is 9.34. The summed E-state index contributed by atoms with van der Waals surface area (Å²) in [6.07, 6.45) is 0. The van der Waals surface area contributed by atoms with Crippen molar-refractivity contribution in [1.82, 2.24) is 0 Å². The second-order valence-corrected chi connectivity index (χ2v) is 5.32. The lowest BCUT2D eigenvalue weighted by atomic mass is 9.82. The molecule has 0 atom stereocenters. The lowest BCUT2D eigenvalue weighted by Gasteiger charge is -2.25. The van der Waals surface area contributed by atoms with Gasteiger partial charge in [-0.15, -0.1) is 0 Å². The van der Waals surface area contributed by atoms with Crippen molar-refractivity contribution in [3.63, 3.8) is 0 Å². The lowest BCUT2D eigenvalue weighted by Crippen LogP contribution is -2.23. The van der Waals surface area contributed by atoms with Gasteiger partial charge >= 0.3 is 0 Å². The van der Waals surface area contributed by atoms with E-state index in [2.05, 4.69) is 55.8 Å². The van der Waals surface area contributed by atoms with E-state index in [4.69, 9.17) is 0 Å². The van der Waals surface area contributed by atoms with E-state index in [0.29, 0.717) is 0 Å². The number of aryl methyl sites for hydroxylation is 1. The van der Waals surface area contributed by atoms with Gasteiger partial charge in [0.05, 0.1) is 6.61 Å². The summed E-state index contributed by atoms with van der Waals surface area (Å²) >= 11 is 3.54. The average molecular weight is 257 g/mol. The van der Waals surface area contributed by atoms with E-state index >= 15 is 0 Å². The molecule has 0 radical (unpaired) electrons. The van der Waals surface area contributed by atoms with Crippen LogP contribution in [0.15, 0.2) is 16.6 Å². The van der Waals surface area contributed by atoms with Crippen LogP contribution in [0, 0.1) is 13.8 Å². The van der Waals surface area contributed by atoms with Gasteiger partial charge in [-0.05, 0) is 36.6 Å². The van der Waals surface area contributed by atoms with Crippen molar-refractivity contribution >= 4 is 15.9 Å². The van der Waals surface area contributed by atoms with Crippen molar-refractivity contribution in [2.45, 2.75) is 33.1 Å². The molecule has 0 saturated heterocycles. The summed E-state index contributed by atoms with van der Waals surface area (Å²) in [5.41, 5.74) is 3.49. The highest BCUT2D eigenvalue weighted by Crippen LogP contribution is 2.31. The molecule has 78 valence electrons. The number of benzene rings is 1. The zero-order valence-electron chi connectivity index (χ0n) is 9.19. The number of hydrogen-bond acceptors (Lipinski definition) is 1. The van der Waals surface area contributed by atoms with Crippen LogP contribution in [0.5, 0.6) is 0 Å². The molecule has 0 unspecified atom stereocenters. The number of rotatable bonds is 2. The number of halogens is 1. The topological polar surface area (TPSA) is 20.2 Å². The van der Waals surface area contributed by atoms with E-state index in [-0.39, 0.29) is 12.0 Å². The molecule has 1 nitrogen and oxygen atoms in total. The molecule has 0 saturated carbocycles. The third-order valence-electron chi connectivity index (χ3n) is 2.61. The fourth-order valence-corrected chi connectivity index (χ4v) is 2.18. The minimum atomic E-state index is -0.168. The smallest absolute Gasteiger partial charge is 0.0522 e. The standard InChI is InChI=1S/C12H17BrO/c1-8-5-10(12(3,4)7-14)9(2)11(13)6-8/h5-6,14H,7H2,1-4H3. The van der Waals surface area contributed by atoms with Crippen molar-refractivity contribution in [2.75, 3.05) is 6.61 Å². The van der Waals surface area contributed by atoms with Gasteiger partial charge in [0, 0.05) is 9.89 Å². The molecule has 1 aromatic carbocycles. The molecule has 0 aliphatic heterocycles. The number of aliphatic hydroxyl groups is 1. The Balaban J connectivity index is 3.34. The van der Waals surface area contributed by atoms with Gasteiger partial charge in [-0.2, -0.15) is 0 Å². The second kappa shape index (κ2) is 4.03. The molecule has 2 heteroatoms. The van der Waals surface area contributed by atoms with Crippen LogP contribution in [0.1, 0.15) is 30.5 Å². The Morgan fingerprint density at radius 1 is 1.29 bits per heavy atom. The van der Waals surface area contributed by atoms with Gasteiger partial charge in [-0.25, -0.2) is 0 Å². The van der Waals surface area contributed by atoms with Gasteiger partial charge < -0.3 is 5.11 Å². The zero-order chi connectivity index (χ0) is 10.9. The van der Waals surface area contributed by atoms with Crippen LogP contribution in [-0.4, -0.2) is 11.7 Å². The molecule has 14 heavy (non-hydrogen) atoms. The van der Waals surface area contributed by atoms with Crippen LogP contribution in [0.3, 0.4) is 0 Å². The highest BCUT2D eigenvalue weighted by Gasteiger charge is 2.22. The molecule has 0 spiro atoms. The molecule has 0 aliphatic carbocycles. The Labute approximate surface area is 94.3 Å². The molecular weight excluding hydrogens is 240 g/mol. The highest BCUT2D eigenvalue weighted by atomic mass is 79.9. The van der Waals surface area contributed by atoms with Gasteiger partial charge in [-0.3, -0.25) is 0 Å². The number of aliphatic hydroxyl groups excluding tert-OH is 1. The molecule has 0 heterocycles. The van der Waals surface area contributed by atoms with E-state index in [1.165, 1.54) is 16.7 Å². The largest absolute Gasteiger partial charge is 0.395 e. The lowest BCUT2D eigenvalue weighted by molar-refractivity contribution is 0.218. The predicted molar refractivity (Wildman–Crippen MR) is 63.7 cm³/mol. The first-order chi connectivity index (χ1) is 6.38. The zero-order valence-corrected chi connectivity index (χ0v) is 10.8. The summed E-state index contributed by atoms with van der Waals surface area (Å²) in [4.78, 5) is 0. The molecule has 0 aromatic heterocycles. The van der Waals surface area contributed by atoms with Crippen molar-refractivity contribution in [3.8, 4) is 0 Å². The maximum atomic E-state index is 9.34. The van der Waals surface area contributed by atoms with Crippen LogP contribution in [0.2, 0.25) is 0 Å². The molecule has 0 fully saturated rings. The Bertz CT molecular complexity index is 342. The van der Waals surface area contributed by atoms with Crippen LogP contribution in [0.4, 0.5) is 0 Å². The summed E-state index contributed by atoms with van der Waals surface area (Å²) in [5.74, 6) is 0. The van der Waals surface area contributed by atoms with Gasteiger partial charge in [0.25, 0.3) is 0 Å². The average Bonchev–Trinajstić information content (AvgIpc) is 2.11. The molecular formula is C12H17BrO. The molecule has 1 rings (SSSR count). The number of hydrogen-bond donors (Lipinski definition) is 1. The first-order valence-electron chi connectivity index (χ1n) is 4.76. The predicted octanol–water partition coefficient (Wildman–Crippen LogP) is 3.34. The quantitative estimate of drug-likeness (QED) is 0.861. The summed E-state index contributed by atoms with van der Waals surface area (Å²) in [6.45, 7) is 8.43. The minimum Gasteiger partial charge on any atom is -0.395 e. The molecule has 1 N–H and O–H groups in total. The first-order valence-corrected chi connectivity index (χ1v) is 5.56. The third kappa shape index (κ3) is 2.18. The molecule has 1 aromatic rings. The van der Waals surface area contributed by atoms with E-state index in [0.717, 1.165) is 4.47 Å².